The summed E-state index contributed by atoms with van der Waals surface area (Å²) >= 11 is 0. The Balaban J connectivity index is 1.25. The highest BCUT2D eigenvalue weighted by atomic mass is 16.5. The summed E-state index contributed by atoms with van der Waals surface area (Å²) in [7, 11) is 0. The van der Waals surface area contributed by atoms with Crippen LogP contribution in [0, 0.1) is 5.92 Å². The van der Waals surface area contributed by atoms with E-state index >= 15 is 0 Å². The quantitative estimate of drug-likeness (QED) is 0.600. The van der Waals surface area contributed by atoms with Crippen LogP contribution in [-0.4, -0.2) is 55.0 Å². The number of nitrogens with one attached hydrogen (secondary N) is 2. The predicted octanol–water partition coefficient (Wildman–Crippen LogP) is 3.13. The van der Waals surface area contributed by atoms with E-state index in [1.54, 1.807) is 0 Å². The van der Waals surface area contributed by atoms with Gasteiger partial charge in [0.25, 0.3) is 0 Å². The molecule has 3 N–H and O–H groups in total. The van der Waals surface area contributed by atoms with Gasteiger partial charge in [-0.2, -0.15) is 0 Å². The highest BCUT2D eigenvalue weighted by Crippen LogP contribution is 2.25. The Morgan fingerprint density at radius 3 is 2.30 bits per heavy atom. The number of hydrogen-bond acceptors (Lipinski definition) is 5. The number of carbonyl (C=O) groups is 2. The maximum absolute atomic E-state index is 12.6. The molecule has 0 unspecified atom stereocenters. The average molecular weight is 453 g/mol. The average Bonchev–Trinajstić information content (AvgIpc) is 2.86. The van der Waals surface area contributed by atoms with Crippen molar-refractivity contribution in [3.05, 3.63) is 54.6 Å². The lowest BCUT2D eigenvalue weighted by molar-refractivity contribution is -0.137. The SMILES string of the molecule is O=C(C[C@H]1CC[C@@H](NC(=O)C2CCOCC2)[C@@H](CO)O1)Nc1ccc(-c2ccccc2)cc1. The monoisotopic (exact) mass is 452 g/mol. The molecule has 0 aliphatic carbocycles. The largest absolute Gasteiger partial charge is 0.394 e. The van der Waals surface area contributed by atoms with Gasteiger partial charge in [0.1, 0.15) is 6.10 Å². The first-order chi connectivity index (χ1) is 16.1. The topological polar surface area (TPSA) is 96.9 Å². The molecule has 2 aliphatic heterocycles. The van der Waals surface area contributed by atoms with Gasteiger partial charge in [0, 0.05) is 24.8 Å². The molecule has 0 bridgehead atoms. The van der Waals surface area contributed by atoms with Crippen LogP contribution < -0.4 is 10.6 Å². The van der Waals surface area contributed by atoms with E-state index in [9.17, 15) is 14.7 Å². The number of rotatable bonds is 7. The van der Waals surface area contributed by atoms with E-state index in [0.717, 1.165) is 29.7 Å². The van der Waals surface area contributed by atoms with Crippen molar-refractivity contribution in [2.45, 2.75) is 50.4 Å². The Kier molecular flexibility index (Phi) is 8.10. The second kappa shape index (κ2) is 11.4. The fourth-order valence-corrected chi connectivity index (χ4v) is 4.50. The minimum atomic E-state index is -0.509. The summed E-state index contributed by atoms with van der Waals surface area (Å²) < 4.78 is 11.3. The number of anilines is 1. The third-order valence-corrected chi connectivity index (χ3v) is 6.40. The summed E-state index contributed by atoms with van der Waals surface area (Å²) in [5.41, 5.74) is 2.94. The second-order valence-electron chi connectivity index (χ2n) is 8.75. The van der Waals surface area contributed by atoms with Crippen molar-refractivity contribution >= 4 is 17.5 Å². The van der Waals surface area contributed by atoms with Gasteiger partial charge in [-0.3, -0.25) is 9.59 Å². The van der Waals surface area contributed by atoms with Crippen LogP contribution in [0.25, 0.3) is 11.1 Å². The van der Waals surface area contributed by atoms with Crippen LogP contribution in [0.1, 0.15) is 32.1 Å². The van der Waals surface area contributed by atoms with E-state index in [2.05, 4.69) is 10.6 Å². The van der Waals surface area contributed by atoms with Crippen molar-refractivity contribution in [2.75, 3.05) is 25.1 Å². The Morgan fingerprint density at radius 2 is 1.61 bits per heavy atom. The molecule has 2 saturated heterocycles. The van der Waals surface area contributed by atoms with Gasteiger partial charge in [-0.05, 0) is 48.9 Å². The maximum Gasteiger partial charge on any atom is 0.226 e. The molecule has 3 atom stereocenters. The van der Waals surface area contributed by atoms with Gasteiger partial charge in [-0.25, -0.2) is 0 Å². The van der Waals surface area contributed by atoms with Crippen molar-refractivity contribution in [1.29, 1.82) is 0 Å². The van der Waals surface area contributed by atoms with Gasteiger partial charge in [0.2, 0.25) is 11.8 Å². The van der Waals surface area contributed by atoms with E-state index in [0.29, 0.717) is 26.1 Å². The zero-order valence-electron chi connectivity index (χ0n) is 18.7. The van der Waals surface area contributed by atoms with Crippen LogP contribution in [0.15, 0.2) is 54.6 Å². The lowest BCUT2D eigenvalue weighted by Gasteiger charge is -2.37. The summed E-state index contributed by atoms with van der Waals surface area (Å²) in [4.78, 5) is 25.1. The molecule has 33 heavy (non-hydrogen) atoms. The Morgan fingerprint density at radius 1 is 0.909 bits per heavy atom. The number of hydrogen-bond donors (Lipinski definition) is 3. The fourth-order valence-electron chi connectivity index (χ4n) is 4.50. The van der Waals surface area contributed by atoms with E-state index in [-0.39, 0.29) is 42.9 Å². The maximum atomic E-state index is 12.6. The molecule has 0 radical (unpaired) electrons. The molecule has 2 aliphatic rings. The third kappa shape index (κ3) is 6.41. The van der Waals surface area contributed by atoms with Crippen molar-refractivity contribution in [1.82, 2.24) is 5.32 Å². The van der Waals surface area contributed by atoms with Gasteiger partial charge in [-0.15, -0.1) is 0 Å². The number of amides is 2. The summed E-state index contributed by atoms with van der Waals surface area (Å²) in [6, 6.07) is 17.6. The zero-order valence-corrected chi connectivity index (χ0v) is 18.7. The van der Waals surface area contributed by atoms with Gasteiger partial charge in [-0.1, -0.05) is 42.5 Å². The third-order valence-electron chi connectivity index (χ3n) is 6.40. The normalized spacial score (nSPS) is 23.6. The van der Waals surface area contributed by atoms with Gasteiger partial charge in [0.05, 0.1) is 25.2 Å². The van der Waals surface area contributed by atoms with E-state index in [1.165, 1.54) is 0 Å². The van der Waals surface area contributed by atoms with Gasteiger partial charge >= 0.3 is 0 Å². The standard InChI is InChI=1S/C26H32N2O5/c29-17-24-23(28-26(31)20-12-14-32-15-13-20)11-10-22(33-24)16-25(30)27-21-8-6-19(7-9-21)18-4-2-1-3-5-18/h1-9,20,22-24,29H,10-17H2,(H,27,30)(H,28,31)/t22-,23-,24-/m1/s1. The zero-order chi connectivity index (χ0) is 23.0. The first-order valence-electron chi connectivity index (χ1n) is 11.7. The summed E-state index contributed by atoms with van der Waals surface area (Å²) in [5, 5.41) is 15.8. The molecule has 0 saturated carbocycles. The molecule has 7 heteroatoms. The lowest BCUT2D eigenvalue weighted by atomic mass is 9.94. The second-order valence-corrected chi connectivity index (χ2v) is 8.75. The van der Waals surface area contributed by atoms with E-state index in [4.69, 9.17) is 9.47 Å². The lowest BCUT2D eigenvalue weighted by Crippen LogP contribution is -2.52. The number of carbonyl (C=O) groups excluding carboxylic acids is 2. The van der Waals surface area contributed by atoms with E-state index < -0.39 is 6.10 Å². The van der Waals surface area contributed by atoms with Crippen molar-refractivity contribution < 1.29 is 24.2 Å². The van der Waals surface area contributed by atoms with Crippen LogP contribution in [0.2, 0.25) is 0 Å². The molecule has 4 rings (SSSR count). The Bertz CT molecular complexity index is 912. The Hall–Kier alpha value is -2.74. The van der Waals surface area contributed by atoms with Crippen LogP contribution in [0.5, 0.6) is 0 Å². The summed E-state index contributed by atoms with van der Waals surface area (Å²) in [6.07, 6.45) is 2.17. The number of aliphatic hydroxyl groups excluding tert-OH is 1. The minimum Gasteiger partial charge on any atom is -0.394 e. The molecule has 2 amide bonds. The fraction of sp³-hybridized carbons (Fsp3) is 0.462. The van der Waals surface area contributed by atoms with E-state index in [1.807, 2.05) is 54.6 Å². The molecule has 176 valence electrons. The summed E-state index contributed by atoms with van der Waals surface area (Å²) in [6.45, 7) is 1.02. The molecule has 2 aromatic rings. The molecular weight excluding hydrogens is 420 g/mol. The first kappa shape index (κ1) is 23.4. The Labute approximate surface area is 194 Å². The number of ether oxygens (including phenoxy) is 2. The van der Waals surface area contributed by atoms with Crippen LogP contribution >= 0.6 is 0 Å². The van der Waals surface area contributed by atoms with Crippen LogP contribution in [0.4, 0.5) is 5.69 Å². The predicted molar refractivity (Wildman–Crippen MR) is 126 cm³/mol. The number of benzene rings is 2. The van der Waals surface area contributed by atoms with Crippen molar-refractivity contribution in [3.63, 3.8) is 0 Å². The minimum absolute atomic E-state index is 0.000456. The molecule has 2 heterocycles. The van der Waals surface area contributed by atoms with Crippen LogP contribution in [0.3, 0.4) is 0 Å². The first-order valence-corrected chi connectivity index (χ1v) is 11.7. The number of aliphatic hydroxyl groups is 1. The molecule has 0 spiro atoms. The summed E-state index contributed by atoms with van der Waals surface area (Å²) in [5.74, 6) is -0.177. The molecule has 0 aromatic heterocycles. The molecule has 2 fully saturated rings. The smallest absolute Gasteiger partial charge is 0.226 e. The highest BCUT2D eigenvalue weighted by Gasteiger charge is 2.34. The molecule has 2 aromatic carbocycles. The van der Waals surface area contributed by atoms with Gasteiger partial charge < -0.3 is 25.2 Å². The van der Waals surface area contributed by atoms with Gasteiger partial charge in [0.15, 0.2) is 0 Å². The highest BCUT2D eigenvalue weighted by molar-refractivity contribution is 5.91. The van der Waals surface area contributed by atoms with Crippen LogP contribution in [-0.2, 0) is 19.1 Å². The molecular formula is C26H32N2O5. The van der Waals surface area contributed by atoms with Crippen molar-refractivity contribution in [3.8, 4) is 11.1 Å². The van der Waals surface area contributed by atoms with Crippen molar-refractivity contribution in [2.24, 2.45) is 5.92 Å². The molecule has 7 nitrogen and oxygen atoms in total.